The molecule has 3 N–H and O–H groups in total. The first-order chi connectivity index (χ1) is 19.5. The summed E-state index contributed by atoms with van der Waals surface area (Å²) >= 11 is 0. The van der Waals surface area contributed by atoms with E-state index in [1.54, 1.807) is 6.07 Å². The zero-order valence-electron chi connectivity index (χ0n) is 23.2. The maximum Gasteiger partial charge on any atom is 0.251 e. The minimum Gasteiger partial charge on any atom is -0.395 e. The van der Waals surface area contributed by atoms with Crippen molar-refractivity contribution in [1.29, 1.82) is 0 Å². The summed E-state index contributed by atoms with van der Waals surface area (Å²) in [6, 6.07) is 9.46. The van der Waals surface area contributed by atoms with Crippen molar-refractivity contribution in [1.82, 2.24) is 9.97 Å². The van der Waals surface area contributed by atoms with Gasteiger partial charge < -0.3 is 20.2 Å². The van der Waals surface area contributed by atoms with Crippen LogP contribution in [-0.2, 0) is 10.0 Å². The number of halogens is 2. The lowest BCUT2D eigenvalue weighted by Crippen LogP contribution is -2.39. The van der Waals surface area contributed by atoms with Crippen LogP contribution >= 0.6 is 0 Å². The Balaban J connectivity index is 1.36. The Morgan fingerprint density at radius 3 is 2.29 bits per heavy atom. The molecule has 3 heterocycles. The molecule has 9 nitrogen and oxygen atoms in total. The molecule has 3 aromatic rings. The van der Waals surface area contributed by atoms with Crippen LogP contribution < -0.4 is 19.8 Å². The number of hydrogen-bond acceptors (Lipinski definition) is 8. The largest absolute Gasteiger partial charge is 0.395 e. The van der Waals surface area contributed by atoms with Crippen LogP contribution in [0.15, 0.2) is 36.7 Å². The third kappa shape index (κ3) is 6.18. The molecular formula is C29H36F2N6O3S. The quantitative estimate of drug-likeness (QED) is 0.337. The number of hydrogen-bond donors (Lipinski definition) is 3. The van der Waals surface area contributed by atoms with Gasteiger partial charge in [-0.2, -0.15) is 0 Å². The van der Waals surface area contributed by atoms with Crippen LogP contribution in [0.2, 0.25) is 0 Å². The van der Waals surface area contributed by atoms with Gasteiger partial charge in [-0.3, -0.25) is 4.72 Å². The molecule has 2 aromatic carbocycles. The molecule has 41 heavy (non-hydrogen) atoms. The first-order valence-electron chi connectivity index (χ1n) is 14.2. The number of piperidine rings is 2. The van der Waals surface area contributed by atoms with Crippen molar-refractivity contribution in [3.63, 3.8) is 0 Å². The average molecular weight is 587 g/mol. The summed E-state index contributed by atoms with van der Waals surface area (Å²) in [7, 11) is -3.72. The van der Waals surface area contributed by atoms with E-state index in [9.17, 15) is 22.3 Å². The number of aliphatic hydroxyl groups excluding tert-OH is 1. The minimum absolute atomic E-state index is 0.162. The normalized spacial score (nSPS) is 19.9. The Morgan fingerprint density at radius 1 is 0.902 bits per heavy atom. The number of sulfonamides is 1. The van der Waals surface area contributed by atoms with Crippen LogP contribution in [0, 0.1) is 12.3 Å². The lowest BCUT2D eigenvalue weighted by atomic mass is 9.93. The minimum atomic E-state index is -3.72. The van der Waals surface area contributed by atoms with Crippen molar-refractivity contribution in [2.45, 2.75) is 51.4 Å². The number of benzene rings is 2. The Hall–Kier alpha value is -3.25. The number of nitrogens with zero attached hydrogens (tertiary/aromatic N) is 4. The van der Waals surface area contributed by atoms with Gasteiger partial charge in [0.05, 0.1) is 34.6 Å². The molecule has 220 valence electrons. The van der Waals surface area contributed by atoms with Crippen molar-refractivity contribution in [3.05, 3.63) is 42.2 Å². The van der Waals surface area contributed by atoms with Crippen LogP contribution in [0.25, 0.3) is 10.9 Å². The SMILES string of the molecule is Cc1cc(Nc2ncnc3cc(NS(=O)(=O)CCO)cc(N4CCC5(CC4)CC5)c23)cc(N2CCC(F)(F)CC2)c1. The fourth-order valence-electron chi connectivity index (χ4n) is 6.07. The molecule has 0 amide bonds. The van der Waals surface area contributed by atoms with E-state index >= 15 is 0 Å². The summed E-state index contributed by atoms with van der Waals surface area (Å²) < 4.78 is 55.1. The molecule has 2 saturated heterocycles. The summed E-state index contributed by atoms with van der Waals surface area (Å²) in [5.74, 6) is -2.42. The van der Waals surface area contributed by atoms with Gasteiger partial charge >= 0.3 is 0 Å². The molecule has 3 fully saturated rings. The summed E-state index contributed by atoms with van der Waals surface area (Å²) in [5.41, 5.74) is 4.93. The highest BCUT2D eigenvalue weighted by molar-refractivity contribution is 7.92. The predicted octanol–water partition coefficient (Wildman–Crippen LogP) is 5.03. The van der Waals surface area contributed by atoms with Crippen LogP contribution in [-0.4, -0.2) is 68.0 Å². The molecule has 0 bridgehead atoms. The van der Waals surface area contributed by atoms with E-state index in [1.165, 1.54) is 19.2 Å². The molecule has 1 aromatic heterocycles. The number of aromatic nitrogens is 2. The van der Waals surface area contributed by atoms with Gasteiger partial charge in [0.15, 0.2) is 0 Å². The molecule has 6 rings (SSSR count). The van der Waals surface area contributed by atoms with Gasteiger partial charge in [0.2, 0.25) is 10.0 Å². The van der Waals surface area contributed by atoms with Crippen molar-refractivity contribution >= 4 is 49.5 Å². The van der Waals surface area contributed by atoms with Crippen LogP contribution in [0.3, 0.4) is 0 Å². The Morgan fingerprint density at radius 2 is 1.61 bits per heavy atom. The van der Waals surface area contributed by atoms with Gasteiger partial charge in [-0.25, -0.2) is 27.2 Å². The molecule has 2 aliphatic heterocycles. The van der Waals surface area contributed by atoms with Gasteiger partial charge in [0, 0.05) is 50.4 Å². The smallest absolute Gasteiger partial charge is 0.251 e. The standard InChI is InChI=1S/C29H36F2N6O3S/c1-20-14-21(16-23(15-20)36-10-6-29(30,31)7-11-36)34-27-26-24(32-19-33-27)17-22(35-41(39,40)13-12-38)18-25(26)37-8-4-28(2-3-28)5-9-37/h14-19,35,38H,2-13H2,1H3,(H,32,33,34). The number of aliphatic hydroxyl groups is 1. The van der Waals surface area contributed by atoms with Gasteiger partial charge in [-0.05, 0) is 73.9 Å². The van der Waals surface area contributed by atoms with E-state index in [-0.39, 0.29) is 12.8 Å². The van der Waals surface area contributed by atoms with Gasteiger partial charge in [0.25, 0.3) is 5.92 Å². The van der Waals surface area contributed by atoms with Crippen molar-refractivity contribution in [2.24, 2.45) is 5.41 Å². The van der Waals surface area contributed by atoms with E-state index in [0.29, 0.717) is 35.5 Å². The molecule has 12 heteroatoms. The Kier molecular flexibility index (Phi) is 7.17. The lowest BCUT2D eigenvalue weighted by Gasteiger charge is -2.35. The van der Waals surface area contributed by atoms with Crippen LogP contribution in [0.4, 0.5) is 37.3 Å². The third-order valence-electron chi connectivity index (χ3n) is 8.66. The average Bonchev–Trinajstić information content (AvgIpc) is 3.66. The summed E-state index contributed by atoms with van der Waals surface area (Å²) in [6.45, 7) is 3.79. The first kappa shape index (κ1) is 27.9. The number of aryl methyl sites for hydroxylation is 1. The van der Waals surface area contributed by atoms with Gasteiger partial charge in [-0.1, -0.05) is 0 Å². The zero-order valence-corrected chi connectivity index (χ0v) is 24.0. The van der Waals surface area contributed by atoms with Crippen molar-refractivity contribution < 1.29 is 22.3 Å². The first-order valence-corrected chi connectivity index (χ1v) is 15.9. The Bertz CT molecular complexity index is 1540. The lowest BCUT2D eigenvalue weighted by molar-refractivity contribution is -0.0220. The monoisotopic (exact) mass is 586 g/mol. The third-order valence-corrected chi connectivity index (χ3v) is 9.92. The maximum absolute atomic E-state index is 13.8. The maximum atomic E-state index is 13.8. The fraction of sp³-hybridized carbons (Fsp3) is 0.517. The number of anilines is 5. The molecule has 1 aliphatic carbocycles. The predicted molar refractivity (Wildman–Crippen MR) is 158 cm³/mol. The second kappa shape index (κ2) is 10.5. The molecule has 3 aliphatic rings. The van der Waals surface area contributed by atoms with Gasteiger partial charge in [0.1, 0.15) is 12.1 Å². The van der Waals surface area contributed by atoms with E-state index in [2.05, 4.69) is 24.9 Å². The van der Waals surface area contributed by atoms with E-state index in [4.69, 9.17) is 0 Å². The highest BCUT2D eigenvalue weighted by Gasteiger charge is 2.44. The summed E-state index contributed by atoms with van der Waals surface area (Å²) in [5, 5.41) is 13.4. The number of alkyl halides is 2. The molecule has 0 radical (unpaired) electrons. The molecule has 0 atom stereocenters. The molecular weight excluding hydrogens is 550 g/mol. The fourth-order valence-corrected chi connectivity index (χ4v) is 6.89. The summed E-state index contributed by atoms with van der Waals surface area (Å²) in [6.07, 6.45) is 5.82. The topological polar surface area (TPSA) is 111 Å². The number of fused-ring (bicyclic) bond motifs is 1. The van der Waals surface area contributed by atoms with Gasteiger partial charge in [-0.15, -0.1) is 0 Å². The highest BCUT2D eigenvalue weighted by atomic mass is 32.2. The number of nitrogens with one attached hydrogen (secondary N) is 2. The van der Waals surface area contributed by atoms with Crippen molar-refractivity contribution in [2.75, 3.05) is 58.4 Å². The zero-order chi connectivity index (χ0) is 28.8. The summed E-state index contributed by atoms with van der Waals surface area (Å²) in [4.78, 5) is 13.4. The van der Waals surface area contributed by atoms with E-state index in [0.717, 1.165) is 53.9 Å². The molecule has 1 saturated carbocycles. The second-order valence-electron chi connectivity index (χ2n) is 11.8. The highest BCUT2D eigenvalue weighted by Crippen LogP contribution is 2.54. The second-order valence-corrected chi connectivity index (χ2v) is 13.6. The van der Waals surface area contributed by atoms with E-state index in [1.807, 2.05) is 36.1 Å². The van der Waals surface area contributed by atoms with E-state index < -0.39 is 28.3 Å². The van der Waals surface area contributed by atoms with Crippen LogP contribution in [0.5, 0.6) is 0 Å². The van der Waals surface area contributed by atoms with Crippen LogP contribution in [0.1, 0.15) is 44.1 Å². The van der Waals surface area contributed by atoms with Crippen molar-refractivity contribution in [3.8, 4) is 0 Å². The Labute approximate surface area is 239 Å². The number of rotatable bonds is 8. The molecule has 0 unspecified atom stereocenters. The molecule has 1 spiro atoms.